The van der Waals surface area contributed by atoms with Crippen LogP contribution in [0.15, 0.2) is 18.2 Å². The summed E-state index contributed by atoms with van der Waals surface area (Å²) < 4.78 is 16.9. The highest BCUT2D eigenvalue weighted by Crippen LogP contribution is 2.36. The van der Waals surface area contributed by atoms with E-state index in [1.165, 1.54) is 5.56 Å². The van der Waals surface area contributed by atoms with Gasteiger partial charge in [0.1, 0.15) is 13.2 Å². The largest absolute Gasteiger partial charge is 0.486 e. The first-order valence-electron chi connectivity index (χ1n) is 5.96. The summed E-state index contributed by atoms with van der Waals surface area (Å²) in [6.07, 6.45) is 0.864. The number of para-hydroxylation sites is 1. The van der Waals surface area contributed by atoms with Crippen molar-refractivity contribution >= 4 is 0 Å². The number of nitrogens with one attached hydrogen (secondary N) is 1. The second-order valence-electron chi connectivity index (χ2n) is 4.61. The van der Waals surface area contributed by atoms with E-state index >= 15 is 0 Å². The zero-order valence-electron chi connectivity index (χ0n) is 9.99. The molecule has 92 valence electrons. The van der Waals surface area contributed by atoms with Gasteiger partial charge in [-0.05, 0) is 6.07 Å². The van der Waals surface area contributed by atoms with Gasteiger partial charge in [0.2, 0.25) is 0 Å². The van der Waals surface area contributed by atoms with Crippen molar-refractivity contribution < 1.29 is 14.2 Å². The lowest BCUT2D eigenvalue weighted by atomic mass is 9.88. The van der Waals surface area contributed by atoms with Gasteiger partial charge in [-0.1, -0.05) is 12.1 Å². The zero-order chi connectivity index (χ0) is 11.7. The smallest absolute Gasteiger partial charge is 0.164 e. The van der Waals surface area contributed by atoms with E-state index in [9.17, 15) is 0 Å². The Morgan fingerprint density at radius 3 is 2.82 bits per heavy atom. The minimum Gasteiger partial charge on any atom is -0.486 e. The SMILES string of the molecule is COC1(Cc2cccc3c2OCCO3)CNC1. The molecule has 2 aliphatic rings. The standard InChI is InChI=1S/C13H17NO3/c1-15-13(8-14-9-13)7-10-3-2-4-11-12(10)17-6-5-16-11/h2-4,14H,5-9H2,1H3. The molecule has 3 rings (SSSR count). The van der Waals surface area contributed by atoms with E-state index in [2.05, 4.69) is 11.4 Å². The Hall–Kier alpha value is -1.26. The fourth-order valence-electron chi connectivity index (χ4n) is 2.37. The topological polar surface area (TPSA) is 39.7 Å². The summed E-state index contributed by atoms with van der Waals surface area (Å²) in [5.74, 6) is 1.74. The summed E-state index contributed by atoms with van der Waals surface area (Å²) in [6, 6.07) is 6.06. The number of methoxy groups -OCH3 is 1. The molecule has 0 bridgehead atoms. The molecular weight excluding hydrogens is 218 g/mol. The van der Waals surface area contributed by atoms with Crippen LogP contribution in [0.1, 0.15) is 5.56 Å². The molecular formula is C13H17NO3. The molecule has 2 heterocycles. The Labute approximate surface area is 101 Å². The highest BCUT2D eigenvalue weighted by atomic mass is 16.6. The lowest BCUT2D eigenvalue weighted by Crippen LogP contribution is -2.61. The molecule has 4 heteroatoms. The number of ether oxygens (including phenoxy) is 3. The van der Waals surface area contributed by atoms with E-state index in [1.807, 2.05) is 12.1 Å². The molecule has 1 saturated heterocycles. The zero-order valence-corrected chi connectivity index (χ0v) is 9.99. The Morgan fingerprint density at radius 1 is 1.29 bits per heavy atom. The van der Waals surface area contributed by atoms with Crippen molar-refractivity contribution in [1.29, 1.82) is 0 Å². The fraction of sp³-hybridized carbons (Fsp3) is 0.538. The van der Waals surface area contributed by atoms with Crippen LogP contribution in [0.4, 0.5) is 0 Å². The molecule has 0 saturated carbocycles. The monoisotopic (exact) mass is 235 g/mol. The van der Waals surface area contributed by atoms with Gasteiger partial charge in [0.15, 0.2) is 11.5 Å². The van der Waals surface area contributed by atoms with Crippen molar-refractivity contribution in [3.05, 3.63) is 23.8 Å². The third-order valence-corrected chi connectivity index (χ3v) is 3.49. The van der Waals surface area contributed by atoms with Crippen molar-refractivity contribution in [3.63, 3.8) is 0 Å². The van der Waals surface area contributed by atoms with E-state index in [-0.39, 0.29) is 5.60 Å². The van der Waals surface area contributed by atoms with Crippen molar-refractivity contribution in [2.45, 2.75) is 12.0 Å². The van der Waals surface area contributed by atoms with E-state index < -0.39 is 0 Å². The van der Waals surface area contributed by atoms with E-state index in [4.69, 9.17) is 14.2 Å². The molecule has 17 heavy (non-hydrogen) atoms. The molecule has 1 N–H and O–H groups in total. The quantitative estimate of drug-likeness (QED) is 0.848. The molecule has 0 aliphatic carbocycles. The molecule has 0 radical (unpaired) electrons. The van der Waals surface area contributed by atoms with Crippen molar-refractivity contribution in [1.82, 2.24) is 5.32 Å². The molecule has 4 nitrogen and oxygen atoms in total. The maximum atomic E-state index is 5.71. The van der Waals surface area contributed by atoms with E-state index in [0.717, 1.165) is 31.0 Å². The number of hydrogen-bond donors (Lipinski definition) is 1. The van der Waals surface area contributed by atoms with Crippen LogP contribution in [-0.4, -0.2) is 39.0 Å². The van der Waals surface area contributed by atoms with Crippen LogP contribution in [0.3, 0.4) is 0 Å². The first-order valence-corrected chi connectivity index (χ1v) is 5.96. The number of rotatable bonds is 3. The minimum atomic E-state index is -0.0735. The van der Waals surface area contributed by atoms with Crippen LogP contribution in [0.5, 0.6) is 11.5 Å². The van der Waals surface area contributed by atoms with Gasteiger partial charge in [-0.3, -0.25) is 0 Å². The number of hydrogen-bond acceptors (Lipinski definition) is 4. The lowest BCUT2D eigenvalue weighted by molar-refractivity contribution is -0.0507. The molecule has 1 aromatic carbocycles. The summed E-state index contributed by atoms with van der Waals surface area (Å²) in [7, 11) is 1.77. The highest BCUT2D eigenvalue weighted by Gasteiger charge is 2.38. The predicted octanol–water partition coefficient (Wildman–Crippen LogP) is 0.989. The molecule has 0 aromatic heterocycles. The normalized spacial score (nSPS) is 20.8. The van der Waals surface area contributed by atoms with Crippen molar-refractivity contribution in [2.75, 3.05) is 33.4 Å². The summed E-state index contributed by atoms with van der Waals surface area (Å²) in [5, 5.41) is 3.26. The molecule has 0 atom stereocenters. The van der Waals surface area contributed by atoms with Crippen LogP contribution in [0.2, 0.25) is 0 Å². The number of fused-ring (bicyclic) bond motifs is 1. The maximum absolute atomic E-state index is 5.71. The van der Waals surface area contributed by atoms with Crippen LogP contribution < -0.4 is 14.8 Å². The molecule has 2 aliphatic heterocycles. The minimum absolute atomic E-state index is 0.0735. The third-order valence-electron chi connectivity index (χ3n) is 3.49. The van der Waals surface area contributed by atoms with Gasteiger partial charge >= 0.3 is 0 Å². The second kappa shape index (κ2) is 4.20. The predicted molar refractivity (Wildman–Crippen MR) is 63.7 cm³/mol. The summed E-state index contributed by atoms with van der Waals surface area (Å²) >= 11 is 0. The third kappa shape index (κ3) is 1.87. The van der Waals surface area contributed by atoms with Gasteiger partial charge in [-0.15, -0.1) is 0 Å². The van der Waals surface area contributed by atoms with Crippen molar-refractivity contribution in [2.24, 2.45) is 0 Å². The summed E-state index contributed by atoms with van der Waals surface area (Å²) in [4.78, 5) is 0. The second-order valence-corrected chi connectivity index (χ2v) is 4.61. The molecule has 1 fully saturated rings. The summed E-state index contributed by atoms with van der Waals surface area (Å²) in [6.45, 7) is 3.05. The van der Waals surface area contributed by atoms with Crippen LogP contribution in [0, 0.1) is 0 Å². The van der Waals surface area contributed by atoms with Gasteiger partial charge in [-0.2, -0.15) is 0 Å². The molecule has 0 amide bonds. The first kappa shape index (κ1) is 10.9. The van der Waals surface area contributed by atoms with Gasteiger partial charge in [0.25, 0.3) is 0 Å². The fourth-order valence-corrected chi connectivity index (χ4v) is 2.37. The Bertz CT molecular complexity index is 410. The van der Waals surface area contributed by atoms with Crippen molar-refractivity contribution in [3.8, 4) is 11.5 Å². The van der Waals surface area contributed by atoms with Gasteiger partial charge in [-0.25, -0.2) is 0 Å². The maximum Gasteiger partial charge on any atom is 0.164 e. The van der Waals surface area contributed by atoms with Gasteiger partial charge in [0, 0.05) is 32.2 Å². The highest BCUT2D eigenvalue weighted by molar-refractivity contribution is 5.48. The Balaban J connectivity index is 1.87. The number of benzene rings is 1. The van der Waals surface area contributed by atoms with Crippen LogP contribution >= 0.6 is 0 Å². The van der Waals surface area contributed by atoms with Crippen LogP contribution in [-0.2, 0) is 11.2 Å². The van der Waals surface area contributed by atoms with Gasteiger partial charge in [0.05, 0.1) is 5.60 Å². The summed E-state index contributed by atoms with van der Waals surface area (Å²) in [5.41, 5.74) is 1.10. The molecule has 0 spiro atoms. The lowest BCUT2D eigenvalue weighted by Gasteiger charge is -2.41. The molecule has 1 aromatic rings. The molecule has 0 unspecified atom stereocenters. The Morgan fingerprint density at radius 2 is 2.12 bits per heavy atom. The van der Waals surface area contributed by atoms with E-state index in [1.54, 1.807) is 7.11 Å². The van der Waals surface area contributed by atoms with Gasteiger partial charge < -0.3 is 19.5 Å². The average molecular weight is 235 g/mol. The average Bonchev–Trinajstić information content (AvgIpc) is 2.34. The van der Waals surface area contributed by atoms with E-state index in [0.29, 0.717) is 13.2 Å². The first-order chi connectivity index (χ1) is 8.33. The Kier molecular flexibility index (Phi) is 2.68. The van der Waals surface area contributed by atoms with Crippen LogP contribution in [0.25, 0.3) is 0 Å².